The molecule has 1 heterocycles. The third-order valence-electron chi connectivity index (χ3n) is 6.12. The van der Waals surface area contributed by atoms with Crippen molar-refractivity contribution in [2.24, 2.45) is 11.3 Å². The summed E-state index contributed by atoms with van der Waals surface area (Å²) in [6, 6.07) is 0.282. The summed E-state index contributed by atoms with van der Waals surface area (Å²) < 4.78 is 5.81. The molecule has 1 amide bonds. The third-order valence-corrected chi connectivity index (χ3v) is 6.12. The summed E-state index contributed by atoms with van der Waals surface area (Å²) in [4.78, 5) is 16.7. The van der Waals surface area contributed by atoms with Crippen molar-refractivity contribution in [1.82, 2.24) is 9.80 Å². The van der Waals surface area contributed by atoms with E-state index in [2.05, 4.69) is 25.7 Å². The molecule has 140 valence electrons. The van der Waals surface area contributed by atoms with Crippen LogP contribution in [-0.2, 0) is 9.53 Å². The molecular formula is C19H36N2O3. The first-order valence-electron chi connectivity index (χ1n) is 9.57. The predicted molar refractivity (Wildman–Crippen MR) is 95.8 cm³/mol. The van der Waals surface area contributed by atoms with Crippen molar-refractivity contribution in [2.45, 2.75) is 71.6 Å². The second-order valence-corrected chi connectivity index (χ2v) is 8.19. The van der Waals surface area contributed by atoms with Gasteiger partial charge in [0.2, 0.25) is 5.91 Å². The minimum absolute atomic E-state index is 0.0631. The molecule has 1 aliphatic heterocycles. The Labute approximate surface area is 147 Å². The fourth-order valence-electron chi connectivity index (χ4n) is 4.33. The number of nitrogens with zero attached hydrogens (tertiary/aromatic N) is 2. The summed E-state index contributed by atoms with van der Waals surface area (Å²) in [6.07, 6.45) is 3.62. The molecule has 1 saturated carbocycles. The van der Waals surface area contributed by atoms with Crippen LogP contribution in [0.25, 0.3) is 0 Å². The molecule has 0 bridgehead atoms. The first kappa shape index (κ1) is 19.7. The smallest absolute Gasteiger partial charge is 0.236 e. The lowest BCUT2D eigenvalue weighted by atomic mass is 9.58. The lowest BCUT2D eigenvalue weighted by Gasteiger charge is -2.56. The highest BCUT2D eigenvalue weighted by atomic mass is 16.5. The maximum Gasteiger partial charge on any atom is 0.236 e. The molecule has 2 fully saturated rings. The van der Waals surface area contributed by atoms with Crippen molar-refractivity contribution in [1.29, 1.82) is 0 Å². The van der Waals surface area contributed by atoms with Crippen molar-refractivity contribution in [3.8, 4) is 0 Å². The second-order valence-electron chi connectivity index (χ2n) is 8.19. The molecule has 1 saturated heterocycles. The molecule has 3 atom stereocenters. The molecule has 0 aromatic carbocycles. The average Bonchev–Trinajstić information content (AvgIpc) is 2.54. The van der Waals surface area contributed by atoms with Gasteiger partial charge < -0.3 is 14.7 Å². The zero-order valence-electron chi connectivity index (χ0n) is 16.1. The molecule has 1 spiro atoms. The number of ether oxygens (including phenoxy) is 1. The van der Waals surface area contributed by atoms with E-state index in [0.29, 0.717) is 19.1 Å². The predicted octanol–water partition coefficient (Wildman–Crippen LogP) is 2.13. The number of aliphatic hydroxyl groups excluding tert-OH is 1. The number of carbonyl (C=O) groups is 1. The maximum absolute atomic E-state index is 12.5. The summed E-state index contributed by atoms with van der Waals surface area (Å²) in [7, 11) is 1.92. The lowest BCUT2D eigenvalue weighted by molar-refractivity contribution is -0.209. The molecule has 24 heavy (non-hydrogen) atoms. The standard InChI is InChI=1S/C19H36N2O3/c1-6-24-17-12-16(22)19(17)7-9-21(10-8-19)13-18(23)20(5)15(4)11-14(2)3/h14-17,22H,6-13H2,1-5H3. The first-order valence-corrected chi connectivity index (χ1v) is 9.57. The second kappa shape index (κ2) is 8.15. The highest BCUT2D eigenvalue weighted by Gasteiger charge is 2.56. The van der Waals surface area contributed by atoms with Gasteiger partial charge in [-0.3, -0.25) is 9.69 Å². The van der Waals surface area contributed by atoms with E-state index >= 15 is 0 Å². The van der Waals surface area contributed by atoms with Crippen LogP contribution in [0.1, 0.15) is 53.4 Å². The Balaban J connectivity index is 1.81. The van der Waals surface area contributed by atoms with Crippen LogP contribution in [0.4, 0.5) is 0 Å². The number of likely N-dealkylation sites (tertiary alicyclic amines) is 1. The Kier molecular flexibility index (Phi) is 6.68. The van der Waals surface area contributed by atoms with Gasteiger partial charge in [0.1, 0.15) is 0 Å². The topological polar surface area (TPSA) is 53.0 Å². The van der Waals surface area contributed by atoms with Crippen molar-refractivity contribution in [2.75, 3.05) is 33.3 Å². The molecule has 2 rings (SSSR count). The highest BCUT2D eigenvalue weighted by molar-refractivity contribution is 5.78. The Hall–Kier alpha value is -0.650. The van der Waals surface area contributed by atoms with Gasteiger partial charge in [-0.1, -0.05) is 13.8 Å². The Morgan fingerprint density at radius 1 is 1.33 bits per heavy atom. The minimum atomic E-state index is -0.236. The van der Waals surface area contributed by atoms with E-state index in [4.69, 9.17) is 4.74 Å². The minimum Gasteiger partial charge on any atom is -0.392 e. The van der Waals surface area contributed by atoms with Gasteiger partial charge in [0.15, 0.2) is 0 Å². The summed E-state index contributed by atoms with van der Waals surface area (Å²) in [5.74, 6) is 0.801. The van der Waals surface area contributed by atoms with Gasteiger partial charge in [-0.05, 0) is 52.1 Å². The van der Waals surface area contributed by atoms with Crippen molar-refractivity contribution < 1.29 is 14.6 Å². The molecule has 0 aromatic rings. The summed E-state index contributed by atoms with van der Waals surface area (Å²) in [5, 5.41) is 10.3. The Morgan fingerprint density at radius 3 is 2.46 bits per heavy atom. The van der Waals surface area contributed by atoms with E-state index in [0.717, 1.165) is 38.8 Å². The molecule has 0 aromatic heterocycles. The fraction of sp³-hybridized carbons (Fsp3) is 0.947. The molecule has 3 unspecified atom stereocenters. The van der Waals surface area contributed by atoms with Crippen LogP contribution in [0.2, 0.25) is 0 Å². The monoisotopic (exact) mass is 340 g/mol. The molecule has 5 heteroatoms. The van der Waals surface area contributed by atoms with Gasteiger partial charge in [0.25, 0.3) is 0 Å². The van der Waals surface area contributed by atoms with Crippen molar-refractivity contribution >= 4 is 5.91 Å². The number of piperidine rings is 1. The quantitative estimate of drug-likeness (QED) is 0.771. The largest absolute Gasteiger partial charge is 0.392 e. The van der Waals surface area contributed by atoms with E-state index < -0.39 is 0 Å². The van der Waals surface area contributed by atoms with Crippen LogP contribution >= 0.6 is 0 Å². The third kappa shape index (κ3) is 4.12. The number of aliphatic hydroxyl groups is 1. The summed E-state index contributed by atoms with van der Waals surface area (Å²) in [5.41, 5.74) is -0.0631. The van der Waals surface area contributed by atoms with E-state index in [-0.39, 0.29) is 29.6 Å². The van der Waals surface area contributed by atoms with E-state index in [1.54, 1.807) is 0 Å². The van der Waals surface area contributed by atoms with E-state index in [1.165, 1.54) is 0 Å². The summed E-state index contributed by atoms with van der Waals surface area (Å²) in [6.45, 7) is 11.5. The van der Waals surface area contributed by atoms with Gasteiger partial charge >= 0.3 is 0 Å². The van der Waals surface area contributed by atoms with Crippen LogP contribution in [0, 0.1) is 11.3 Å². The Morgan fingerprint density at radius 2 is 1.96 bits per heavy atom. The first-order chi connectivity index (χ1) is 11.3. The number of amides is 1. The lowest BCUT2D eigenvalue weighted by Crippen LogP contribution is -2.62. The fourth-order valence-corrected chi connectivity index (χ4v) is 4.33. The molecule has 0 radical (unpaired) electrons. The van der Waals surface area contributed by atoms with Gasteiger partial charge in [0.05, 0.1) is 18.8 Å². The number of hydrogen-bond acceptors (Lipinski definition) is 4. The van der Waals surface area contributed by atoms with Crippen LogP contribution in [0.5, 0.6) is 0 Å². The van der Waals surface area contributed by atoms with E-state index in [1.807, 2.05) is 18.9 Å². The van der Waals surface area contributed by atoms with Crippen LogP contribution in [0.3, 0.4) is 0 Å². The number of likely N-dealkylation sites (N-methyl/N-ethyl adjacent to an activating group) is 1. The highest BCUT2D eigenvalue weighted by Crippen LogP contribution is 2.50. The normalized spacial score (nSPS) is 28.0. The number of carbonyl (C=O) groups excluding carboxylic acids is 1. The van der Waals surface area contributed by atoms with Crippen molar-refractivity contribution in [3.05, 3.63) is 0 Å². The van der Waals surface area contributed by atoms with Gasteiger partial charge in [-0.15, -0.1) is 0 Å². The molecular weight excluding hydrogens is 304 g/mol. The zero-order valence-corrected chi connectivity index (χ0v) is 16.1. The SMILES string of the molecule is CCOC1CC(O)C12CCN(CC(=O)N(C)C(C)CC(C)C)CC2. The molecule has 1 aliphatic carbocycles. The Bertz CT molecular complexity index is 417. The summed E-state index contributed by atoms with van der Waals surface area (Å²) >= 11 is 0. The van der Waals surface area contributed by atoms with Crippen LogP contribution in [-0.4, -0.2) is 72.4 Å². The van der Waals surface area contributed by atoms with Gasteiger partial charge in [0, 0.05) is 31.5 Å². The molecule has 2 aliphatic rings. The number of rotatable bonds is 7. The molecule has 1 N–H and O–H groups in total. The maximum atomic E-state index is 12.5. The zero-order chi connectivity index (χ0) is 17.9. The van der Waals surface area contributed by atoms with Gasteiger partial charge in [-0.2, -0.15) is 0 Å². The van der Waals surface area contributed by atoms with Crippen LogP contribution < -0.4 is 0 Å². The molecule has 5 nitrogen and oxygen atoms in total. The average molecular weight is 341 g/mol. The number of hydrogen-bond donors (Lipinski definition) is 1. The van der Waals surface area contributed by atoms with Crippen molar-refractivity contribution in [3.63, 3.8) is 0 Å². The van der Waals surface area contributed by atoms with Gasteiger partial charge in [-0.25, -0.2) is 0 Å². The van der Waals surface area contributed by atoms with Crippen LogP contribution in [0.15, 0.2) is 0 Å². The van der Waals surface area contributed by atoms with E-state index in [9.17, 15) is 9.90 Å².